The van der Waals surface area contributed by atoms with Gasteiger partial charge >= 0.3 is 0 Å². The molecule has 2 heterocycles. The Labute approximate surface area is 95.7 Å². The Kier molecular flexibility index (Phi) is 3.19. The quantitative estimate of drug-likeness (QED) is 0.813. The first-order valence-electron chi connectivity index (χ1n) is 5.60. The molecule has 1 N–H and O–H groups in total. The molecule has 0 aromatic carbocycles. The van der Waals surface area contributed by atoms with Crippen LogP contribution in [0.1, 0.15) is 35.1 Å². The van der Waals surface area contributed by atoms with E-state index in [2.05, 4.69) is 10.3 Å². The lowest BCUT2D eigenvalue weighted by Crippen LogP contribution is -2.24. The van der Waals surface area contributed by atoms with Gasteiger partial charge in [0.2, 0.25) is 0 Å². The summed E-state index contributed by atoms with van der Waals surface area (Å²) >= 11 is 0. The first-order valence-corrected chi connectivity index (χ1v) is 5.60. The van der Waals surface area contributed by atoms with Crippen LogP contribution in [-0.4, -0.2) is 36.4 Å². The molecule has 1 aromatic heterocycles. The van der Waals surface area contributed by atoms with Crippen molar-refractivity contribution in [3.8, 4) is 0 Å². The SMILES string of the molecule is CN(C)C(=O)c1cccc(C2CCCN2)n1. The van der Waals surface area contributed by atoms with E-state index in [1.165, 1.54) is 6.42 Å². The second-order valence-corrected chi connectivity index (χ2v) is 4.30. The second-order valence-electron chi connectivity index (χ2n) is 4.30. The maximum Gasteiger partial charge on any atom is 0.271 e. The van der Waals surface area contributed by atoms with Gasteiger partial charge in [-0.3, -0.25) is 4.79 Å². The van der Waals surface area contributed by atoms with Crippen LogP contribution in [0.2, 0.25) is 0 Å². The van der Waals surface area contributed by atoms with Gasteiger partial charge in [-0.05, 0) is 31.5 Å². The van der Waals surface area contributed by atoms with Crippen molar-refractivity contribution >= 4 is 5.91 Å². The molecule has 1 aliphatic rings. The molecule has 0 bridgehead atoms. The van der Waals surface area contributed by atoms with E-state index in [1.807, 2.05) is 12.1 Å². The zero-order valence-electron chi connectivity index (χ0n) is 9.73. The fourth-order valence-electron chi connectivity index (χ4n) is 1.93. The molecule has 1 saturated heterocycles. The Bertz CT molecular complexity index is 384. The third-order valence-corrected chi connectivity index (χ3v) is 2.81. The minimum absolute atomic E-state index is 0.0418. The summed E-state index contributed by atoms with van der Waals surface area (Å²) < 4.78 is 0. The third-order valence-electron chi connectivity index (χ3n) is 2.81. The number of pyridine rings is 1. The number of nitrogens with zero attached hydrogens (tertiary/aromatic N) is 2. The van der Waals surface area contributed by atoms with Crippen LogP contribution in [0.4, 0.5) is 0 Å². The van der Waals surface area contributed by atoms with E-state index in [0.29, 0.717) is 11.7 Å². The van der Waals surface area contributed by atoms with Gasteiger partial charge in [-0.2, -0.15) is 0 Å². The average molecular weight is 219 g/mol. The molecule has 0 radical (unpaired) electrons. The molecule has 1 fully saturated rings. The second kappa shape index (κ2) is 4.61. The van der Waals surface area contributed by atoms with E-state index in [-0.39, 0.29) is 5.91 Å². The number of hydrogen-bond acceptors (Lipinski definition) is 3. The number of rotatable bonds is 2. The minimum atomic E-state index is -0.0418. The van der Waals surface area contributed by atoms with Gasteiger partial charge in [0, 0.05) is 20.1 Å². The Hall–Kier alpha value is -1.42. The molecule has 0 spiro atoms. The van der Waals surface area contributed by atoms with E-state index >= 15 is 0 Å². The van der Waals surface area contributed by atoms with Crippen molar-refractivity contribution in [2.75, 3.05) is 20.6 Å². The van der Waals surface area contributed by atoms with Crippen molar-refractivity contribution in [2.45, 2.75) is 18.9 Å². The largest absolute Gasteiger partial charge is 0.343 e. The minimum Gasteiger partial charge on any atom is -0.343 e. The van der Waals surface area contributed by atoms with Crippen molar-refractivity contribution in [3.63, 3.8) is 0 Å². The fraction of sp³-hybridized carbons (Fsp3) is 0.500. The van der Waals surface area contributed by atoms with E-state index in [4.69, 9.17) is 0 Å². The highest BCUT2D eigenvalue weighted by Gasteiger charge is 2.19. The first kappa shape index (κ1) is 11.1. The Morgan fingerprint density at radius 2 is 2.31 bits per heavy atom. The Morgan fingerprint density at radius 1 is 1.50 bits per heavy atom. The fourth-order valence-corrected chi connectivity index (χ4v) is 1.93. The lowest BCUT2D eigenvalue weighted by molar-refractivity contribution is 0.0821. The maximum atomic E-state index is 11.8. The van der Waals surface area contributed by atoms with Crippen LogP contribution in [0, 0.1) is 0 Å². The number of carbonyl (C=O) groups is 1. The first-order chi connectivity index (χ1) is 7.68. The molecule has 0 saturated carbocycles. The number of amides is 1. The van der Waals surface area contributed by atoms with Gasteiger partial charge in [-0.25, -0.2) is 4.98 Å². The summed E-state index contributed by atoms with van der Waals surface area (Å²) in [6, 6.07) is 5.96. The molecular formula is C12H17N3O. The summed E-state index contributed by atoms with van der Waals surface area (Å²) in [5.74, 6) is -0.0418. The van der Waals surface area contributed by atoms with E-state index in [9.17, 15) is 4.79 Å². The van der Waals surface area contributed by atoms with Crippen molar-refractivity contribution < 1.29 is 4.79 Å². The van der Waals surface area contributed by atoms with Gasteiger partial charge in [0.25, 0.3) is 5.91 Å². The molecule has 86 valence electrons. The van der Waals surface area contributed by atoms with E-state index in [0.717, 1.165) is 18.7 Å². The highest BCUT2D eigenvalue weighted by Crippen LogP contribution is 2.21. The van der Waals surface area contributed by atoms with Crippen molar-refractivity contribution in [1.82, 2.24) is 15.2 Å². The topological polar surface area (TPSA) is 45.2 Å². The van der Waals surface area contributed by atoms with Gasteiger partial charge in [-0.15, -0.1) is 0 Å². The van der Waals surface area contributed by atoms with Gasteiger partial charge in [0.05, 0.1) is 5.69 Å². The summed E-state index contributed by atoms with van der Waals surface area (Å²) in [7, 11) is 3.48. The summed E-state index contributed by atoms with van der Waals surface area (Å²) in [6.07, 6.45) is 2.28. The monoisotopic (exact) mass is 219 g/mol. The molecule has 16 heavy (non-hydrogen) atoms. The van der Waals surface area contributed by atoms with Gasteiger partial charge in [-0.1, -0.05) is 6.07 Å². The summed E-state index contributed by atoms with van der Waals surface area (Å²) in [4.78, 5) is 17.7. The summed E-state index contributed by atoms with van der Waals surface area (Å²) in [6.45, 7) is 1.04. The zero-order chi connectivity index (χ0) is 11.5. The van der Waals surface area contributed by atoms with Gasteiger partial charge in [0.1, 0.15) is 5.69 Å². The van der Waals surface area contributed by atoms with Crippen LogP contribution < -0.4 is 5.32 Å². The smallest absolute Gasteiger partial charge is 0.271 e. The van der Waals surface area contributed by atoms with Crippen LogP contribution in [0.15, 0.2) is 18.2 Å². The van der Waals surface area contributed by atoms with Crippen LogP contribution >= 0.6 is 0 Å². The van der Waals surface area contributed by atoms with Gasteiger partial charge < -0.3 is 10.2 Å². The average Bonchev–Trinajstić information content (AvgIpc) is 2.81. The van der Waals surface area contributed by atoms with E-state index < -0.39 is 0 Å². The number of hydrogen-bond donors (Lipinski definition) is 1. The standard InChI is InChI=1S/C12H17N3O/c1-15(2)12(16)11-6-3-5-10(14-11)9-7-4-8-13-9/h3,5-6,9,13H,4,7-8H2,1-2H3. The lowest BCUT2D eigenvalue weighted by atomic mass is 10.1. The molecular weight excluding hydrogens is 202 g/mol. The lowest BCUT2D eigenvalue weighted by Gasteiger charge is -2.13. The highest BCUT2D eigenvalue weighted by atomic mass is 16.2. The molecule has 4 heteroatoms. The Morgan fingerprint density at radius 3 is 2.94 bits per heavy atom. The number of aromatic nitrogens is 1. The normalized spacial score (nSPS) is 19.8. The molecule has 1 atom stereocenters. The predicted octanol–water partition coefficient (Wildman–Crippen LogP) is 1.21. The highest BCUT2D eigenvalue weighted by molar-refractivity contribution is 5.91. The molecule has 1 amide bonds. The predicted molar refractivity (Wildman–Crippen MR) is 62.2 cm³/mol. The molecule has 1 aliphatic heterocycles. The molecule has 2 rings (SSSR count). The number of nitrogens with one attached hydrogen (secondary N) is 1. The van der Waals surface area contributed by atoms with Crippen LogP contribution in [-0.2, 0) is 0 Å². The summed E-state index contributed by atoms with van der Waals surface area (Å²) in [5, 5.41) is 3.38. The summed E-state index contributed by atoms with van der Waals surface area (Å²) in [5.41, 5.74) is 1.50. The van der Waals surface area contributed by atoms with Gasteiger partial charge in [0.15, 0.2) is 0 Å². The Balaban J connectivity index is 2.22. The molecule has 1 aromatic rings. The number of carbonyl (C=O) groups excluding carboxylic acids is 1. The zero-order valence-corrected chi connectivity index (χ0v) is 9.73. The molecule has 0 aliphatic carbocycles. The molecule has 4 nitrogen and oxygen atoms in total. The van der Waals surface area contributed by atoms with Crippen LogP contribution in [0.25, 0.3) is 0 Å². The van der Waals surface area contributed by atoms with Crippen molar-refractivity contribution in [1.29, 1.82) is 0 Å². The third kappa shape index (κ3) is 2.22. The van der Waals surface area contributed by atoms with Crippen molar-refractivity contribution in [2.24, 2.45) is 0 Å². The molecule has 1 unspecified atom stereocenters. The van der Waals surface area contributed by atoms with Crippen molar-refractivity contribution in [3.05, 3.63) is 29.6 Å². The van der Waals surface area contributed by atoms with E-state index in [1.54, 1.807) is 25.1 Å². The van der Waals surface area contributed by atoms with Crippen LogP contribution in [0.5, 0.6) is 0 Å². The van der Waals surface area contributed by atoms with Crippen LogP contribution in [0.3, 0.4) is 0 Å². The maximum absolute atomic E-state index is 11.8.